The van der Waals surface area contributed by atoms with Crippen LogP contribution in [0.25, 0.3) is 0 Å². The summed E-state index contributed by atoms with van der Waals surface area (Å²) in [7, 11) is 0. The smallest absolute Gasteiger partial charge is 0.343 e. The van der Waals surface area contributed by atoms with Crippen LogP contribution in [0, 0.1) is 13.8 Å². The second-order valence-corrected chi connectivity index (χ2v) is 9.35. The number of amides is 1. The number of hydrogen-bond donors (Lipinski definition) is 1. The number of rotatable bonds is 8. The van der Waals surface area contributed by atoms with Crippen molar-refractivity contribution in [3.63, 3.8) is 0 Å². The summed E-state index contributed by atoms with van der Waals surface area (Å²) in [6.07, 6.45) is 1.43. The molecule has 0 saturated carbocycles. The summed E-state index contributed by atoms with van der Waals surface area (Å²) in [5, 5.41) is 4.05. The van der Waals surface area contributed by atoms with Gasteiger partial charge in [-0.2, -0.15) is 5.10 Å². The third-order valence-electron chi connectivity index (χ3n) is 5.44. The Hall–Kier alpha value is -4.23. The van der Waals surface area contributed by atoms with Gasteiger partial charge < -0.3 is 9.47 Å². The molecule has 0 saturated heterocycles. The Balaban J connectivity index is 1.36. The Labute approximate surface area is 224 Å². The van der Waals surface area contributed by atoms with Crippen molar-refractivity contribution in [3.8, 4) is 11.5 Å². The third kappa shape index (κ3) is 7.38. The number of nitrogens with one attached hydrogen (secondary N) is 1. The molecule has 186 valence electrons. The lowest BCUT2D eigenvalue weighted by molar-refractivity contribution is 0.0734. The van der Waals surface area contributed by atoms with Crippen LogP contribution in [-0.2, 0) is 6.61 Å². The van der Waals surface area contributed by atoms with Crippen LogP contribution in [0.2, 0.25) is 0 Å². The molecule has 0 heterocycles. The zero-order chi connectivity index (χ0) is 26.2. The van der Waals surface area contributed by atoms with Gasteiger partial charge in [-0.1, -0.05) is 63.5 Å². The maximum atomic E-state index is 12.6. The molecular weight excluding hydrogens is 532 g/mol. The minimum Gasteiger partial charge on any atom is -0.489 e. The molecule has 4 aromatic rings. The molecule has 1 amide bonds. The summed E-state index contributed by atoms with van der Waals surface area (Å²) in [4.78, 5) is 25.1. The highest BCUT2D eigenvalue weighted by Crippen LogP contribution is 2.23. The Kier molecular flexibility index (Phi) is 8.48. The van der Waals surface area contributed by atoms with Gasteiger partial charge in [0.05, 0.1) is 11.8 Å². The molecule has 0 fully saturated rings. The molecule has 0 unspecified atom stereocenters. The van der Waals surface area contributed by atoms with E-state index < -0.39 is 5.97 Å². The Morgan fingerprint density at radius 1 is 0.865 bits per heavy atom. The van der Waals surface area contributed by atoms with Gasteiger partial charge in [-0.3, -0.25) is 4.79 Å². The number of carbonyl (C=O) groups is 2. The topological polar surface area (TPSA) is 77.0 Å². The summed E-state index contributed by atoms with van der Waals surface area (Å²) in [5.74, 6) is 0.127. The number of esters is 1. The monoisotopic (exact) mass is 556 g/mol. The fourth-order valence-corrected chi connectivity index (χ4v) is 3.80. The lowest BCUT2D eigenvalue weighted by Gasteiger charge is -2.09. The van der Waals surface area contributed by atoms with Gasteiger partial charge in [0.2, 0.25) is 0 Å². The molecule has 1 N–H and O–H groups in total. The van der Waals surface area contributed by atoms with Crippen LogP contribution < -0.4 is 14.9 Å². The van der Waals surface area contributed by atoms with E-state index in [1.807, 2.05) is 44.2 Å². The highest BCUT2D eigenvalue weighted by molar-refractivity contribution is 9.10. The van der Waals surface area contributed by atoms with Crippen molar-refractivity contribution in [1.82, 2.24) is 5.43 Å². The molecule has 0 bridgehead atoms. The first-order valence-electron chi connectivity index (χ1n) is 11.6. The van der Waals surface area contributed by atoms with Gasteiger partial charge in [0.15, 0.2) is 0 Å². The van der Waals surface area contributed by atoms with Crippen molar-refractivity contribution >= 4 is 34.0 Å². The molecule has 0 atom stereocenters. The Morgan fingerprint density at radius 2 is 1.62 bits per heavy atom. The molecule has 0 aromatic heterocycles. The van der Waals surface area contributed by atoms with Gasteiger partial charge in [0, 0.05) is 15.6 Å². The fraction of sp³-hybridized carbons (Fsp3) is 0.100. The molecule has 0 radical (unpaired) electrons. The lowest BCUT2D eigenvalue weighted by atomic mass is 10.1. The molecule has 4 aromatic carbocycles. The second kappa shape index (κ2) is 12.1. The van der Waals surface area contributed by atoms with E-state index in [0.717, 1.165) is 15.6 Å². The number of hydrazone groups is 1. The first kappa shape index (κ1) is 25.9. The molecule has 0 aliphatic heterocycles. The second-order valence-electron chi connectivity index (χ2n) is 8.44. The summed E-state index contributed by atoms with van der Waals surface area (Å²) in [6.45, 7) is 4.39. The predicted molar refractivity (Wildman–Crippen MR) is 147 cm³/mol. The maximum absolute atomic E-state index is 12.6. The zero-order valence-corrected chi connectivity index (χ0v) is 22.0. The zero-order valence-electron chi connectivity index (χ0n) is 20.4. The van der Waals surface area contributed by atoms with Gasteiger partial charge in [-0.25, -0.2) is 10.2 Å². The van der Waals surface area contributed by atoms with E-state index in [4.69, 9.17) is 9.47 Å². The van der Waals surface area contributed by atoms with Crippen LogP contribution in [0.4, 0.5) is 0 Å². The molecule has 0 aliphatic rings. The number of carbonyl (C=O) groups excluding carboxylic acids is 2. The first-order chi connectivity index (χ1) is 17.9. The summed E-state index contributed by atoms with van der Waals surface area (Å²) in [5.41, 5.74) is 7.13. The number of halogens is 1. The average molecular weight is 557 g/mol. The third-order valence-corrected chi connectivity index (χ3v) is 5.93. The van der Waals surface area contributed by atoms with Crippen LogP contribution in [-0.4, -0.2) is 18.1 Å². The van der Waals surface area contributed by atoms with Crippen molar-refractivity contribution < 1.29 is 19.1 Å². The highest BCUT2D eigenvalue weighted by atomic mass is 79.9. The van der Waals surface area contributed by atoms with E-state index in [1.54, 1.807) is 60.7 Å². The number of hydrogen-bond acceptors (Lipinski definition) is 5. The fourth-order valence-electron chi connectivity index (χ4n) is 3.42. The molecule has 0 spiro atoms. The Morgan fingerprint density at radius 3 is 2.35 bits per heavy atom. The van der Waals surface area contributed by atoms with Crippen molar-refractivity contribution in [1.29, 1.82) is 0 Å². The first-order valence-corrected chi connectivity index (χ1v) is 12.4. The van der Waals surface area contributed by atoms with Crippen LogP contribution in [0.15, 0.2) is 101 Å². The number of aryl methyl sites for hydroxylation is 2. The van der Waals surface area contributed by atoms with E-state index in [2.05, 4.69) is 26.5 Å². The summed E-state index contributed by atoms with van der Waals surface area (Å²) < 4.78 is 12.1. The van der Waals surface area contributed by atoms with E-state index in [-0.39, 0.29) is 5.91 Å². The van der Waals surface area contributed by atoms with E-state index >= 15 is 0 Å². The SMILES string of the molecule is Cc1ccc(COc2ccc(C(=O)N/N=C/c3cc(Br)ccc3OC(=O)c3cccc(C)c3)cc2)cc1. The van der Waals surface area contributed by atoms with Gasteiger partial charge in [0.1, 0.15) is 18.1 Å². The maximum Gasteiger partial charge on any atom is 0.343 e. The molecule has 6 nitrogen and oxygen atoms in total. The minimum atomic E-state index is -0.477. The van der Waals surface area contributed by atoms with E-state index in [1.165, 1.54) is 11.8 Å². The van der Waals surface area contributed by atoms with E-state index in [9.17, 15) is 9.59 Å². The van der Waals surface area contributed by atoms with Crippen LogP contribution in [0.3, 0.4) is 0 Å². The van der Waals surface area contributed by atoms with Crippen LogP contribution >= 0.6 is 15.9 Å². The standard InChI is InChI=1S/C30H25BrN2O4/c1-20-6-8-22(9-7-20)19-36-27-13-10-23(11-14-27)29(34)33-32-18-25-17-26(31)12-15-28(25)37-30(35)24-5-3-4-21(2)16-24/h3-18H,19H2,1-2H3,(H,33,34)/b32-18+. The van der Waals surface area contributed by atoms with Gasteiger partial charge in [0.25, 0.3) is 5.91 Å². The normalized spacial score (nSPS) is 10.8. The average Bonchev–Trinajstić information content (AvgIpc) is 2.90. The molecule has 4 rings (SSSR count). The van der Waals surface area contributed by atoms with Crippen molar-refractivity contribution in [3.05, 3.63) is 129 Å². The van der Waals surface area contributed by atoms with Crippen molar-refractivity contribution in [2.75, 3.05) is 0 Å². The number of ether oxygens (including phenoxy) is 2. The van der Waals surface area contributed by atoms with Gasteiger partial charge in [-0.05, 0) is 74.0 Å². The van der Waals surface area contributed by atoms with Gasteiger partial charge >= 0.3 is 5.97 Å². The molecule has 37 heavy (non-hydrogen) atoms. The van der Waals surface area contributed by atoms with Crippen LogP contribution in [0.5, 0.6) is 11.5 Å². The largest absolute Gasteiger partial charge is 0.489 e. The van der Waals surface area contributed by atoms with Crippen molar-refractivity contribution in [2.24, 2.45) is 5.10 Å². The quantitative estimate of drug-likeness (QED) is 0.114. The van der Waals surface area contributed by atoms with Crippen molar-refractivity contribution in [2.45, 2.75) is 20.5 Å². The molecule has 7 heteroatoms. The Bertz CT molecular complexity index is 1430. The number of nitrogens with zero attached hydrogens (tertiary/aromatic N) is 1. The lowest BCUT2D eigenvalue weighted by Crippen LogP contribution is -2.17. The van der Waals surface area contributed by atoms with Gasteiger partial charge in [-0.15, -0.1) is 0 Å². The minimum absolute atomic E-state index is 0.322. The van der Waals surface area contributed by atoms with E-state index in [0.29, 0.717) is 34.8 Å². The summed E-state index contributed by atoms with van der Waals surface area (Å²) >= 11 is 3.41. The number of benzene rings is 4. The molecular formula is C30H25BrN2O4. The highest BCUT2D eigenvalue weighted by Gasteiger charge is 2.12. The summed E-state index contributed by atoms with van der Waals surface area (Å²) in [6, 6.07) is 27.3. The predicted octanol–water partition coefficient (Wildman–Crippen LogP) is 6.63. The van der Waals surface area contributed by atoms with Crippen LogP contribution in [0.1, 0.15) is 43.0 Å². The molecule has 0 aliphatic carbocycles.